The van der Waals surface area contributed by atoms with Crippen LogP contribution in [0.1, 0.15) is 36.3 Å². The van der Waals surface area contributed by atoms with Crippen molar-refractivity contribution in [2.24, 2.45) is 10.9 Å². The Bertz CT molecular complexity index is 826. The van der Waals surface area contributed by atoms with Gasteiger partial charge in [-0.3, -0.25) is 9.79 Å². The molecule has 0 unspecified atom stereocenters. The van der Waals surface area contributed by atoms with E-state index in [4.69, 9.17) is 5.11 Å². The van der Waals surface area contributed by atoms with E-state index in [1.807, 2.05) is 25.1 Å². The molecule has 0 saturated heterocycles. The Morgan fingerprint density at radius 3 is 2.81 bits per heavy atom. The quantitative estimate of drug-likeness (QED) is 0.590. The van der Waals surface area contributed by atoms with Crippen LogP contribution in [0.25, 0.3) is 10.4 Å². The Hall–Kier alpha value is -2.28. The van der Waals surface area contributed by atoms with Gasteiger partial charge in [-0.05, 0) is 55.9 Å². The standard InChI is InChI=1S/C19H22FN3O2S/c1-12-7-14(9-15(8-12)23-11-21-2)16-10-22-18(26-16)19(20)5-3-13(4-6-19)17(24)25/h7-11,13H,3-6H2,1-2H3,(H,21,23)(H,24,25). The van der Waals surface area contributed by atoms with E-state index in [-0.39, 0.29) is 12.8 Å². The molecule has 0 aliphatic heterocycles. The lowest BCUT2D eigenvalue weighted by Crippen LogP contribution is -2.30. The predicted octanol–water partition coefficient (Wildman–Crippen LogP) is 4.63. The number of hydrogen-bond acceptors (Lipinski definition) is 4. The van der Waals surface area contributed by atoms with Crippen LogP contribution in [0.5, 0.6) is 0 Å². The fourth-order valence-corrected chi connectivity index (χ4v) is 4.34. The summed E-state index contributed by atoms with van der Waals surface area (Å²) in [4.78, 5) is 20.2. The normalized spacial score (nSPS) is 23.3. The summed E-state index contributed by atoms with van der Waals surface area (Å²) in [5, 5.41) is 12.6. The summed E-state index contributed by atoms with van der Waals surface area (Å²) in [7, 11) is 1.69. The molecular weight excluding hydrogens is 353 g/mol. The van der Waals surface area contributed by atoms with Crippen LogP contribution in [0.4, 0.5) is 10.1 Å². The van der Waals surface area contributed by atoms with E-state index in [1.165, 1.54) is 11.3 Å². The van der Waals surface area contributed by atoms with Gasteiger partial charge in [-0.15, -0.1) is 11.3 Å². The monoisotopic (exact) mass is 375 g/mol. The number of thiazole rings is 1. The first-order valence-electron chi connectivity index (χ1n) is 8.58. The van der Waals surface area contributed by atoms with Gasteiger partial charge in [-0.25, -0.2) is 9.37 Å². The van der Waals surface area contributed by atoms with Crippen LogP contribution in [0.15, 0.2) is 29.4 Å². The number of hydrogen-bond donors (Lipinski definition) is 2. The summed E-state index contributed by atoms with van der Waals surface area (Å²) in [5.41, 5.74) is 1.46. The molecule has 7 heteroatoms. The first-order chi connectivity index (χ1) is 12.4. The van der Waals surface area contributed by atoms with Gasteiger partial charge >= 0.3 is 5.97 Å². The number of halogens is 1. The molecule has 1 heterocycles. The number of aryl methyl sites for hydroxylation is 1. The molecule has 1 saturated carbocycles. The number of aliphatic imine (C=N–C) groups is 1. The van der Waals surface area contributed by atoms with Gasteiger partial charge in [-0.1, -0.05) is 6.07 Å². The second-order valence-corrected chi connectivity index (χ2v) is 7.76. The maximum atomic E-state index is 15.3. The van der Waals surface area contributed by atoms with Crippen LogP contribution in [0.2, 0.25) is 0 Å². The van der Waals surface area contributed by atoms with Gasteiger partial charge in [-0.2, -0.15) is 0 Å². The Kier molecular flexibility index (Phi) is 5.36. The third-order valence-corrected chi connectivity index (χ3v) is 5.96. The molecule has 0 radical (unpaired) electrons. The molecule has 1 aromatic carbocycles. The number of carbonyl (C=O) groups is 1. The molecule has 0 spiro atoms. The zero-order chi connectivity index (χ0) is 18.7. The molecule has 1 fully saturated rings. The lowest BCUT2D eigenvalue weighted by molar-refractivity contribution is -0.143. The average Bonchev–Trinajstić information content (AvgIpc) is 3.11. The van der Waals surface area contributed by atoms with Crippen molar-refractivity contribution in [2.75, 3.05) is 12.4 Å². The van der Waals surface area contributed by atoms with Gasteiger partial charge in [0.2, 0.25) is 0 Å². The van der Waals surface area contributed by atoms with Gasteiger partial charge in [0.05, 0.1) is 17.1 Å². The van der Waals surface area contributed by atoms with Crippen LogP contribution in [-0.2, 0) is 10.5 Å². The number of alkyl halides is 1. The summed E-state index contributed by atoms with van der Waals surface area (Å²) in [6.45, 7) is 2.00. The highest BCUT2D eigenvalue weighted by Crippen LogP contribution is 2.45. The highest BCUT2D eigenvalue weighted by molar-refractivity contribution is 7.15. The molecule has 5 nitrogen and oxygen atoms in total. The zero-order valence-electron chi connectivity index (χ0n) is 14.8. The van der Waals surface area contributed by atoms with Crippen molar-refractivity contribution in [2.45, 2.75) is 38.3 Å². The van der Waals surface area contributed by atoms with Crippen LogP contribution >= 0.6 is 11.3 Å². The van der Waals surface area contributed by atoms with Crippen LogP contribution < -0.4 is 5.32 Å². The number of carboxylic acids is 1. The number of aromatic nitrogens is 1. The highest BCUT2D eigenvalue weighted by Gasteiger charge is 2.41. The maximum Gasteiger partial charge on any atom is 0.306 e. The van der Waals surface area contributed by atoms with Gasteiger partial charge in [0.15, 0.2) is 5.67 Å². The maximum absolute atomic E-state index is 15.3. The van der Waals surface area contributed by atoms with Crippen molar-refractivity contribution in [3.05, 3.63) is 35.0 Å². The molecule has 26 heavy (non-hydrogen) atoms. The molecule has 138 valence electrons. The van der Waals surface area contributed by atoms with E-state index in [9.17, 15) is 4.79 Å². The number of anilines is 1. The van der Waals surface area contributed by atoms with Crippen molar-refractivity contribution in [1.29, 1.82) is 0 Å². The molecule has 0 amide bonds. The Balaban J connectivity index is 1.82. The minimum Gasteiger partial charge on any atom is -0.481 e. The number of benzene rings is 1. The van der Waals surface area contributed by atoms with Crippen LogP contribution in [0.3, 0.4) is 0 Å². The molecule has 1 aliphatic carbocycles. The molecule has 0 atom stereocenters. The Labute approximate surface area is 156 Å². The Morgan fingerprint density at radius 1 is 1.42 bits per heavy atom. The van der Waals surface area contributed by atoms with Gasteiger partial charge in [0.1, 0.15) is 5.01 Å². The van der Waals surface area contributed by atoms with Gasteiger partial charge in [0, 0.05) is 18.9 Å². The fourth-order valence-electron chi connectivity index (χ4n) is 3.30. The van der Waals surface area contributed by atoms with Crippen LogP contribution in [-0.4, -0.2) is 29.4 Å². The number of nitrogens with one attached hydrogen (secondary N) is 1. The first kappa shape index (κ1) is 18.5. The largest absolute Gasteiger partial charge is 0.481 e. The van der Waals surface area contributed by atoms with Crippen molar-refractivity contribution in [1.82, 2.24) is 4.98 Å². The SMILES string of the molecule is CN=CNc1cc(C)cc(-c2cnc(C3(F)CCC(C(=O)O)CC3)s2)c1. The minimum atomic E-state index is -1.52. The van der Waals surface area contributed by atoms with E-state index in [0.29, 0.717) is 17.8 Å². The molecule has 3 rings (SSSR count). The number of carboxylic acid groups (broad SMARTS) is 1. The van der Waals surface area contributed by atoms with Crippen molar-refractivity contribution >= 4 is 29.3 Å². The van der Waals surface area contributed by atoms with Crippen molar-refractivity contribution in [3.63, 3.8) is 0 Å². The Morgan fingerprint density at radius 2 is 2.15 bits per heavy atom. The predicted molar refractivity (Wildman–Crippen MR) is 103 cm³/mol. The zero-order valence-corrected chi connectivity index (χ0v) is 15.6. The van der Waals surface area contributed by atoms with E-state index in [1.54, 1.807) is 19.6 Å². The van der Waals surface area contributed by atoms with Crippen LogP contribution in [0, 0.1) is 12.8 Å². The molecule has 2 aromatic rings. The second kappa shape index (κ2) is 7.53. The van der Waals surface area contributed by atoms with E-state index in [0.717, 1.165) is 21.7 Å². The molecular formula is C19H22FN3O2S. The summed E-state index contributed by atoms with van der Waals surface area (Å²) in [6, 6.07) is 6.03. The smallest absolute Gasteiger partial charge is 0.306 e. The first-order valence-corrected chi connectivity index (χ1v) is 9.40. The topological polar surface area (TPSA) is 74.6 Å². The lowest BCUT2D eigenvalue weighted by atomic mass is 9.80. The summed E-state index contributed by atoms with van der Waals surface area (Å²) in [5.74, 6) is -1.27. The molecule has 1 aliphatic rings. The third-order valence-electron chi connectivity index (χ3n) is 4.74. The third kappa shape index (κ3) is 3.93. The van der Waals surface area contributed by atoms with Gasteiger partial charge in [0.25, 0.3) is 0 Å². The fraction of sp³-hybridized carbons (Fsp3) is 0.421. The van der Waals surface area contributed by atoms with E-state index >= 15 is 4.39 Å². The van der Waals surface area contributed by atoms with Crippen molar-refractivity contribution < 1.29 is 14.3 Å². The van der Waals surface area contributed by atoms with E-state index in [2.05, 4.69) is 15.3 Å². The second-order valence-electron chi connectivity index (χ2n) is 6.73. The number of nitrogens with zero attached hydrogens (tertiary/aromatic N) is 2. The summed E-state index contributed by atoms with van der Waals surface area (Å²) in [6.07, 6.45) is 4.46. The van der Waals surface area contributed by atoms with Gasteiger partial charge < -0.3 is 10.4 Å². The highest BCUT2D eigenvalue weighted by atomic mass is 32.1. The molecule has 2 N–H and O–H groups in total. The molecule has 1 aromatic heterocycles. The number of rotatable bonds is 5. The van der Waals surface area contributed by atoms with Crippen molar-refractivity contribution in [3.8, 4) is 10.4 Å². The lowest BCUT2D eigenvalue weighted by Gasteiger charge is -2.30. The van der Waals surface area contributed by atoms with E-state index < -0.39 is 17.6 Å². The average molecular weight is 375 g/mol. The summed E-state index contributed by atoms with van der Waals surface area (Å²) >= 11 is 1.35. The molecule has 0 bridgehead atoms. The summed E-state index contributed by atoms with van der Waals surface area (Å²) < 4.78 is 15.3. The number of aliphatic carboxylic acids is 1. The minimum absolute atomic E-state index is 0.213.